The minimum absolute atomic E-state index is 0.143. The van der Waals surface area contributed by atoms with Gasteiger partial charge in [0.2, 0.25) is 0 Å². The molecule has 0 spiro atoms. The van der Waals surface area contributed by atoms with Crippen LogP contribution in [0.2, 0.25) is 0 Å². The van der Waals surface area contributed by atoms with Gasteiger partial charge in [-0.3, -0.25) is 0 Å². The second kappa shape index (κ2) is 13.0. The fourth-order valence-corrected chi connectivity index (χ4v) is 9.26. The van der Waals surface area contributed by atoms with E-state index in [-0.39, 0.29) is 5.41 Å². The maximum atomic E-state index is 7.13. The lowest BCUT2D eigenvalue weighted by atomic mass is 9.82. The number of nitrogens with zero attached hydrogens (tertiary/aromatic N) is 1. The third-order valence-corrected chi connectivity index (χ3v) is 12.1. The van der Waals surface area contributed by atoms with Crippen molar-refractivity contribution < 1.29 is 4.42 Å². The summed E-state index contributed by atoms with van der Waals surface area (Å²) in [6, 6.07) is 72.5. The van der Waals surface area contributed by atoms with Gasteiger partial charge in [-0.15, -0.1) is 0 Å². The molecule has 0 saturated carbocycles. The van der Waals surface area contributed by atoms with Crippen LogP contribution in [-0.2, 0) is 5.41 Å². The molecule has 11 rings (SSSR count). The number of hydrogen-bond acceptors (Lipinski definition) is 2. The molecular formula is C55H39NO. The molecule has 0 fully saturated rings. The molecule has 2 nitrogen and oxygen atoms in total. The molecule has 1 heterocycles. The molecule has 270 valence electrons. The van der Waals surface area contributed by atoms with E-state index < -0.39 is 0 Å². The molecule has 0 amide bonds. The molecule has 0 atom stereocenters. The van der Waals surface area contributed by atoms with E-state index in [1.807, 2.05) is 0 Å². The highest BCUT2D eigenvalue weighted by Gasteiger charge is 2.36. The topological polar surface area (TPSA) is 16.4 Å². The van der Waals surface area contributed by atoms with Crippen molar-refractivity contribution in [3.63, 3.8) is 0 Å². The van der Waals surface area contributed by atoms with Gasteiger partial charge in [-0.25, -0.2) is 0 Å². The Morgan fingerprint density at radius 3 is 1.61 bits per heavy atom. The monoisotopic (exact) mass is 729 g/mol. The van der Waals surface area contributed by atoms with Crippen LogP contribution in [0.1, 0.15) is 25.0 Å². The first kappa shape index (κ1) is 33.2. The van der Waals surface area contributed by atoms with Gasteiger partial charge in [-0.1, -0.05) is 178 Å². The molecule has 10 aromatic rings. The first-order valence-corrected chi connectivity index (χ1v) is 19.8. The van der Waals surface area contributed by atoms with E-state index in [9.17, 15) is 0 Å². The predicted molar refractivity (Wildman–Crippen MR) is 240 cm³/mol. The van der Waals surface area contributed by atoms with Gasteiger partial charge in [0.05, 0.1) is 5.69 Å². The summed E-state index contributed by atoms with van der Waals surface area (Å²) in [6.07, 6.45) is 0. The molecule has 0 aliphatic heterocycles. The Bertz CT molecular complexity index is 3120. The smallest absolute Gasteiger partial charge is 0.143 e. The van der Waals surface area contributed by atoms with Crippen molar-refractivity contribution in [2.24, 2.45) is 0 Å². The number of furan rings is 1. The van der Waals surface area contributed by atoms with Gasteiger partial charge in [-0.2, -0.15) is 0 Å². The molecule has 0 unspecified atom stereocenters. The molecule has 57 heavy (non-hydrogen) atoms. The lowest BCUT2D eigenvalue weighted by Gasteiger charge is -2.29. The average Bonchev–Trinajstić information content (AvgIpc) is 3.77. The molecular weight excluding hydrogens is 691 g/mol. The standard InChI is InChI=1S/C55H39NO/c1-55(2)49-25-15-14-22-44(49)45-31-30-41(34-50(45)55)56(40-28-26-37(27-29-40)36-16-6-3-7-17-36)51-35-48-52-42(38-18-8-4-9-19-38)32-33-43(39-20-10-5-11-21-39)54(52)57-53(48)47-24-13-12-23-46(47)51/h3-35H,1-2H3. The predicted octanol–water partition coefficient (Wildman–Crippen LogP) is 15.5. The highest BCUT2D eigenvalue weighted by molar-refractivity contribution is 6.24. The zero-order valence-corrected chi connectivity index (χ0v) is 31.9. The van der Waals surface area contributed by atoms with E-state index in [2.05, 4.69) is 219 Å². The molecule has 0 saturated heterocycles. The summed E-state index contributed by atoms with van der Waals surface area (Å²) in [5, 5.41) is 4.42. The summed E-state index contributed by atoms with van der Waals surface area (Å²) in [6.45, 7) is 4.71. The average molecular weight is 730 g/mol. The van der Waals surface area contributed by atoms with Crippen molar-refractivity contribution in [1.82, 2.24) is 0 Å². The van der Waals surface area contributed by atoms with Gasteiger partial charge >= 0.3 is 0 Å². The highest BCUT2D eigenvalue weighted by atomic mass is 16.3. The zero-order valence-electron chi connectivity index (χ0n) is 31.9. The van der Waals surface area contributed by atoms with Crippen LogP contribution in [0.5, 0.6) is 0 Å². The van der Waals surface area contributed by atoms with Crippen molar-refractivity contribution in [1.29, 1.82) is 0 Å². The molecule has 1 aliphatic rings. The lowest BCUT2D eigenvalue weighted by molar-refractivity contribution is 0.660. The summed E-state index contributed by atoms with van der Waals surface area (Å²) in [5.41, 5.74) is 17.2. The van der Waals surface area contributed by atoms with Crippen LogP contribution in [0, 0.1) is 0 Å². The van der Waals surface area contributed by atoms with E-state index in [0.717, 1.165) is 72.0 Å². The van der Waals surface area contributed by atoms with Gasteiger partial charge in [-0.05, 0) is 86.5 Å². The minimum atomic E-state index is -0.143. The summed E-state index contributed by atoms with van der Waals surface area (Å²) in [7, 11) is 0. The third kappa shape index (κ3) is 5.25. The first-order valence-electron chi connectivity index (χ1n) is 19.8. The Balaban J connectivity index is 1.21. The third-order valence-electron chi connectivity index (χ3n) is 12.1. The molecule has 0 bridgehead atoms. The normalized spacial score (nSPS) is 12.9. The fourth-order valence-electron chi connectivity index (χ4n) is 9.26. The second-order valence-electron chi connectivity index (χ2n) is 15.7. The van der Waals surface area contributed by atoms with Gasteiger partial charge in [0, 0.05) is 43.9 Å². The van der Waals surface area contributed by atoms with Crippen LogP contribution >= 0.6 is 0 Å². The van der Waals surface area contributed by atoms with E-state index in [1.165, 1.54) is 33.4 Å². The van der Waals surface area contributed by atoms with Crippen molar-refractivity contribution in [3.05, 3.63) is 211 Å². The Kier molecular flexibility index (Phi) is 7.55. The summed E-state index contributed by atoms with van der Waals surface area (Å²) < 4.78 is 7.13. The Hall–Kier alpha value is -7.16. The lowest BCUT2D eigenvalue weighted by Crippen LogP contribution is -2.16. The molecule has 9 aromatic carbocycles. The van der Waals surface area contributed by atoms with Gasteiger partial charge in [0.25, 0.3) is 0 Å². The van der Waals surface area contributed by atoms with Gasteiger partial charge < -0.3 is 9.32 Å². The zero-order chi connectivity index (χ0) is 38.1. The van der Waals surface area contributed by atoms with Crippen LogP contribution in [0.4, 0.5) is 17.1 Å². The van der Waals surface area contributed by atoms with Crippen molar-refractivity contribution in [2.45, 2.75) is 19.3 Å². The maximum absolute atomic E-state index is 7.13. The van der Waals surface area contributed by atoms with E-state index >= 15 is 0 Å². The number of rotatable bonds is 6. The van der Waals surface area contributed by atoms with E-state index in [1.54, 1.807) is 0 Å². The SMILES string of the molecule is CC1(C)c2ccccc2-c2ccc(N(c3ccc(-c4ccccc4)cc3)c3cc4c(oc5c(-c6ccccc6)ccc(-c6ccccc6)c54)c4ccccc34)cc21. The Morgan fingerprint density at radius 1 is 0.368 bits per heavy atom. The summed E-state index contributed by atoms with van der Waals surface area (Å²) in [4.78, 5) is 2.46. The molecule has 2 heteroatoms. The molecule has 0 N–H and O–H groups in total. The van der Waals surface area contributed by atoms with E-state index in [4.69, 9.17) is 4.42 Å². The Labute approximate surface area is 332 Å². The fraction of sp³-hybridized carbons (Fsp3) is 0.0545. The van der Waals surface area contributed by atoms with Gasteiger partial charge in [0.15, 0.2) is 0 Å². The molecule has 1 aliphatic carbocycles. The minimum Gasteiger partial charge on any atom is -0.455 e. The molecule has 0 radical (unpaired) electrons. The van der Waals surface area contributed by atoms with E-state index in [0.29, 0.717) is 0 Å². The molecule has 1 aromatic heterocycles. The van der Waals surface area contributed by atoms with Crippen LogP contribution in [0.25, 0.3) is 77.2 Å². The Morgan fingerprint density at radius 2 is 0.895 bits per heavy atom. The van der Waals surface area contributed by atoms with Crippen molar-refractivity contribution in [2.75, 3.05) is 4.90 Å². The number of anilines is 3. The highest BCUT2D eigenvalue weighted by Crippen LogP contribution is 2.52. The van der Waals surface area contributed by atoms with Crippen LogP contribution in [0.3, 0.4) is 0 Å². The van der Waals surface area contributed by atoms with Crippen molar-refractivity contribution in [3.8, 4) is 44.5 Å². The van der Waals surface area contributed by atoms with Crippen molar-refractivity contribution >= 4 is 49.8 Å². The maximum Gasteiger partial charge on any atom is 0.143 e. The summed E-state index contributed by atoms with van der Waals surface area (Å²) >= 11 is 0. The first-order chi connectivity index (χ1) is 28.0. The second-order valence-corrected chi connectivity index (χ2v) is 15.7. The van der Waals surface area contributed by atoms with Crippen LogP contribution in [-0.4, -0.2) is 0 Å². The summed E-state index contributed by atoms with van der Waals surface area (Å²) in [5.74, 6) is 0. The van der Waals surface area contributed by atoms with Crippen LogP contribution in [0.15, 0.2) is 205 Å². The largest absolute Gasteiger partial charge is 0.455 e. The van der Waals surface area contributed by atoms with Crippen LogP contribution < -0.4 is 4.90 Å². The number of benzene rings is 9. The van der Waals surface area contributed by atoms with Gasteiger partial charge in [0.1, 0.15) is 11.2 Å². The number of fused-ring (bicyclic) bond motifs is 8. The number of hydrogen-bond donors (Lipinski definition) is 0. The quantitative estimate of drug-likeness (QED) is 0.169.